The van der Waals surface area contributed by atoms with Gasteiger partial charge in [0.15, 0.2) is 23.6 Å². The summed E-state index contributed by atoms with van der Waals surface area (Å²) >= 11 is 0. The zero-order valence-corrected chi connectivity index (χ0v) is 33.3. The van der Waals surface area contributed by atoms with E-state index >= 15 is 4.79 Å². The lowest BCUT2D eigenvalue weighted by molar-refractivity contribution is -0.356. The molecule has 0 unspecified atom stereocenters. The fraction of sp³-hybridized carbons (Fsp3) is 0.548. The maximum absolute atomic E-state index is 15.1. The van der Waals surface area contributed by atoms with Gasteiger partial charge in [0.25, 0.3) is 0 Å². The number of nitrogens with one attached hydrogen (secondary N) is 1. The van der Waals surface area contributed by atoms with Crippen molar-refractivity contribution in [2.75, 3.05) is 13.2 Å². The van der Waals surface area contributed by atoms with E-state index in [1.807, 2.05) is 0 Å². The maximum atomic E-state index is 15.1. The van der Waals surface area contributed by atoms with Gasteiger partial charge in [0.05, 0.1) is 35.6 Å². The number of esters is 3. The van der Waals surface area contributed by atoms with Crippen molar-refractivity contribution in [2.45, 2.75) is 115 Å². The number of amides is 1. The summed E-state index contributed by atoms with van der Waals surface area (Å²) in [4.78, 5) is 67.9. The number of benzene rings is 2. The summed E-state index contributed by atoms with van der Waals surface area (Å²) in [5.41, 5.74) is -4.93. The molecule has 2 aromatic rings. The maximum Gasteiger partial charge on any atom is 0.408 e. The van der Waals surface area contributed by atoms with Gasteiger partial charge in [0.2, 0.25) is 5.79 Å². The van der Waals surface area contributed by atoms with Gasteiger partial charge in [-0.25, -0.2) is 14.4 Å². The lowest BCUT2D eigenvalue weighted by Gasteiger charge is -2.63. The Labute approximate surface area is 330 Å². The summed E-state index contributed by atoms with van der Waals surface area (Å²) in [5.74, 6) is -7.24. The average Bonchev–Trinajstić information content (AvgIpc) is 3.32. The fourth-order valence-electron chi connectivity index (χ4n) is 9.00. The normalized spacial score (nSPS) is 33.2. The topological polar surface area (TPSA) is 213 Å². The molecule has 0 aromatic heterocycles. The third kappa shape index (κ3) is 7.13. The second-order valence-corrected chi connectivity index (χ2v) is 17.0. The second-order valence-electron chi connectivity index (χ2n) is 17.0. The standard InChI is InChI=1S/C42H51NO14/c1-22(20-52-36(49)30(46)29(24-15-11-9-12-16-24)43-37(50)57-38(3,4)5)28-31-33(47)40(8)26(45)19-27-41(21-53-27,55-23(2)44)32(40)34(42(51,56-31)39(28,6)7)54-35(48)25-17-13-10-14-18-25/h9-18,26-27,29-32,34,45-46,51H,19-21H2,1-8H3,(H,43,50)/b28-22-/t26-,27+,29-,30+,31+,32-,34-,40+,41-,42+/m0/s1. The molecule has 10 atom stereocenters. The van der Waals surface area contributed by atoms with E-state index < -0.39 is 107 Å². The van der Waals surface area contributed by atoms with E-state index in [0.29, 0.717) is 5.56 Å². The Morgan fingerprint density at radius 1 is 0.982 bits per heavy atom. The molecule has 57 heavy (non-hydrogen) atoms. The zero-order chi connectivity index (χ0) is 41.9. The molecule has 15 heteroatoms. The zero-order valence-electron chi connectivity index (χ0n) is 33.3. The molecule has 3 aliphatic heterocycles. The Morgan fingerprint density at radius 3 is 2.16 bits per heavy atom. The third-order valence-corrected chi connectivity index (χ3v) is 11.8. The van der Waals surface area contributed by atoms with Gasteiger partial charge in [0, 0.05) is 18.8 Å². The van der Waals surface area contributed by atoms with Crippen LogP contribution >= 0.6 is 0 Å². The number of carbonyl (C=O) groups is 5. The highest BCUT2D eigenvalue weighted by Crippen LogP contribution is 2.65. The first-order valence-electron chi connectivity index (χ1n) is 18.9. The summed E-state index contributed by atoms with van der Waals surface area (Å²) in [6.45, 7) is 11.7. The van der Waals surface area contributed by atoms with Crippen molar-refractivity contribution in [1.82, 2.24) is 5.32 Å². The smallest absolute Gasteiger partial charge is 0.408 e. The van der Waals surface area contributed by atoms with Crippen molar-refractivity contribution >= 4 is 29.8 Å². The number of fused-ring (bicyclic) bond motifs is 5. The Morgan fingerprint density at radius 2 is 1.60 bits per heavy atom. The monoisotopic (exact) mass is 793 g/mol. The number of hydrogen-bond donors (Lipinski definition) is 4. The summed E-state index contributed by atoms with van der Waals surface area (Å²) in [5, 5.41) is 38.5. The van der Waals surface area contributed by atoms with Gasteiger partial charge in [0.1, 0.15) is 24.4 Å². The number of aliphatic hydroxyl groups excluding tert-OH is 2. The molecule has 4 aliphatic rings. The minimum atomic E-state index is -2.50. The van der Waals surface area contributed by atoms with Crippen LogP contribution in [0.25, 0.3) is 0 Å². The van der Waals surface area contributed by atoms with Crippen LogP contribution < -0.4 is 5.32 Å². The third-order valence-electron chi connectivity index (χ3n) is 11.8. The summed E-state index contributed by atoms with van der Waals surface area (Å²) in [7, 11) is 0. The summed E-state index contributed by atoms with van der Waals surface area (Å²) < 4.78 is 35.2. The van der Waals surface area contributed by atoms with Crippen LogP contribution in [0, 0.1) is 16.7 Å². The first-order chi connectivity index (χ1) is 26.6. The van der Waals surface area contributed by atoms with E-state index in [1.165, 1.54) is 26.0 Å². The molecule has 2 bridgehead atoms. The SMILES string of the molecule is CC(=O)O[C@@]12CO[C@@H]1C[C@H](O)[C@@]1(C)C(=O)[C@@H]3O[C@](O)([C@@H](OC(=O)c4ccccc4)[C@H]21)C(C)(C)/C3=C(/C)COC(=O)[C@H](O)[C@@H](NC(=O)OC(C)(C)C)c1ccccc1. The molecule has 0 spiro atoms. The lowest BCUT2D eigenvalue weighted by atomic mass is 9.49. The van der Waals surface area contributed by atoms with Gasteiger partial charge in [-0.05, 0) is 63.5 Å². The van der Waals surface area contributed by atoms with Crippen molar-refractivity contribution in [3.05, 3.63) is 82.9 Å². The lowest BCUT2D eigenvalue weighted by Crippen LogP contribution is -2.79. The van der Waals surface area contributed by atoms with Crippen molar-refractivity contribution < 1.29 is 67.7 Å². The van der Waals surface area contributed by atoms with E-state index in [1.54, 1.807) is 90.1 Å². The minimum absolute atomic E-state index is 0.118. The van der Waals surface area contributed by atoms with Crippen LogP contribution in [-0.4, -0.2) is 106 Å². The molecule has 2 aromatic carbocycles. The van der Waals surface area contributed by atoms with Crippen LogP contribution in [0.4, 0.5) is 4.79 Å². The van der Waals surface area contributed by atoms with E-state index in [-0.39, 0.29) is 29.7 Å². The Kier molecular flexibility index (Phi) is 11.0. The van der Waals surface area contributed by atoms with Crippen molar-refractivity contribution in [3.63, 3.8) is 0 Å². The number of Topliss-reactive ketones (excluding diaryl/α,β-unsaturated/α-hetero) is 1. The van der Waals surface area contributed by atoms with Gasteiger partial charge in [-0.3, -0.25) is 9.59 Å². The number of aliphatic hydroxyl groups is 3. The van der Waals surface area contributed by atoms with Crippen LogP contribution in [0.2, 0.25) is 0 Å². The number of alkyl carbamates (subject to hydrolysis) is 1. The van der Waals surface area contributed by atoms with Crippen LogP contribution in [0.1, 0.15) is 83.8 Å². The predicted molar refractivity (Wildman–Crippen MR) is 199 cm³/mol. The average molecular weight is 794 g/mol. The van der Waals surface area contributed by atoms with Crippen molar-refractivity contribution in [3.8, 4) is 0 Å². The first-order valence-corrected chi connectivity index (χ1v) is 18.9. The highest BCUT2D eigenvalue weighted by molar-refractivity contribution is 5.95. The molecule has 308 valence electrons. The van der Waals surface area contributed by atoms with Crippen LogP contribution in [0.15, 0.2) is 71.8 Å². The Balaban J connectivity index is 1.38. The van der Waals surface area contributed by atoms with Gasteiger partial charge in [-0.15, -0.1) is 0 Å². The Hall–Kier alpha value is -4.67. The van der Waals surface area contributed by atoms with E-state index in [0.717, 1.165) is 0 Å². The molecule has 1 saturated carbocycles. The van der Waals surface area contributed by atoms with Gasteiger partial charge in [-0.2, -0.15) is 0 Å². The van der Waals surface area contributed by atoms with Gasteiger partial charge >= 0.3 is 24.0 Å². The quantitative estimate of drug-likeness (QED) is 0.163. The minimum Gasteiger partial charge on any atom is -0.459 e. The number of ether oxygens (including phenoxy) is 6. The summed E-state index contributed by atoms with van der Waals surface area (Å²) in [6, 6.07) is 15.0. The van der Waals surface area contributed by atoms with Gasteiger partial charge in [-0.1, -0.05) is 62.4 Å². The summed E-state index contributed by atoms with van der Waals surface area (Å²) in [6.07, 6.45) is -8.53. The molecule has 4 fully saturated rings. The molecule has 1 aliphatic carbocycles. The first kappa shape index (κ1) is 41.9. The molecule has 6 rings (SSSR count). The molecule has 3 saturated heterocycles. The van der Waals surface area contributed by atoms with E-state index in [2.05, 4.69) is 5.32 Å². The largest absolute Gasteiger partial charge is 0.459 e. The molecular formula is C42H51NO14. The Bertz CT molecular complexity index is 1940. The highest BCUT2D eigenvalue weighted by atomic mass is 16.7. The second kappa shape index (κ2) is 14.9. The molecule has 1 amide bonds. The van der Waals surface area contributed by atoms with Crippen molar-refractivity contribution in [1.29, 1.82) is 0 Å². The number of rotatable bonds is 9. The molecule has 15 nitrogen and oxygen atoms in total. The number of hydrogen-bond acceptors (Lipinski definition) is 14. The van der Waals surface area contributed by atoms with Crippen LogP contribution in [0.5, 0.6) is 0 Å². The van der Waals surface area contributed by atoms with Crippen LogP contribution in [0.3, 0.4) is 0 Å². The number of carbonyl (C=O) groups excluding carboxylic acids is 5. The predicted octanol–water partition coefficient (Wildman–Crippen LogP) is 3.48. The van der Waals surface area contributed by atoms with Crippen LogP contribution in [-0.2, 0) is 42.8 Å². The number of ketones is 1. The molecule has 4 N–H and O–H groups in total. The highest BCUT2D eigenvalue weighted by Gasteiger charge is 2.80. The van der Waals surface area contributed by atoms with Gasteiger partial charge < -0.3 is 49.1 Å². The molecule has 0 radical (unpaired) electrons. The molecular weight excluding hydrogens is 742 g/mol. The molecule has 3 heterocycles. The van der Waals surface area contributed by atoms with E-state index in [9.17, 15) is 34.5 Å². The fourth-order valence-corrected chi connectivity index (χ4v) is 9.00. The van der Waals surface area contributed by atoms with Crippen molar-refractivity contribution in [2.24, 2.45) is 16.7 Å². The van der Waals surface area contributed by atoms with E-state index in [4.69, 9.17) is 28.4 Å².